The van der Waals surface area contributed by atoms with Gasteiger partial charge in [0.05, 0.1) is 11.5 Å². The van der Waals surface area contributed by atoms with Crippen LogP contribution >= 0.6 is 0 Å². The third-order valence-corrected chi connectivity index (χ3v) is 2.87. The molecule has 2 N–H and O–H groups in total. The average molecular weight is 244 g/mol. The van der Waals surface area contributed by atoms with Crippen molar-refractivity contribution in [3.63, 3.8) is 0 Å². The topological polar surface area (TPSA) is 69.6 Å². The molecule has 1 amide bonds. The lowest BCUT2D eigenvalue weighted by atomic mass is 9.93. The Bertz CT molecular complexity index is 273. The molecular formula is C12H24N2O3. The van der Waals surface area contributed by atoms with E-state index in [-0.39, 0.29) is 18.5 Å². The van der Waals surface area contributed by atoms with Crippen molar-refractivity contribution >= 4 is 11.9 Å². The molecule has 0 radical (unpaired) electrons. The van der Waals surface area contributed by atoms with Gasteiger partial charge in [0.15, 0.2) is 0 Å². The molecule has 5 nitrogen and oxygen atoms in total. The van der Waals surface area contributed by atoms with E-state index in [0.29, 0.717) is 13.1 Å². The molecule has 0 fully saturated rings. The van der Waals surface area contributed by atoms with Crippen molar-refractivity contribution < 1.29 is 14.7 Å². The second-order valence-electron chi connectivity index (χ2n) is 4.80. The maximum absolute atomic E-state index is 11.9. The van der Waals surface area contributed by atoms with Crippen molar-refractivity contribution in [2.45, 2.75) is 40.7 Å². The third kappa shape index (κ3) is 4.73. The first-order valence-corrected chi connectivity index (χ1v) is 6.01. The summed E-state index contributed by atoms with van der Waals surface area (Å²) in [6.07, 6.45) is 0. The fourth-order valence-electron chi connectivity index (χ4n) is 1.38. The number of nitrogens with zero attached hydrogens (tertiary/aromatic N) is 1. The van der Waals surface area contributed by atoms with Gasteiger partial charge in [0.25, 0.3) is 0 Å². The van der Waals surface area contributed by atoms with Crippen LogP contribution in [0, 0.1) is 5.41 Å². The molecule has 0 rings (SSSR count). The maximum Gasteiger partial charge on any atom is 0.310 e. The summed E-state index contributed by atoms with van der Waals surface area (Å²) in [6, 6.07) is -0.353. The minimum atomic E-state index is -0.868. The highest BCUT2D eigenvalue weighted by Crippen LogP contribution is 2.13. The fraction of sp³-hybridized carbons (Fsp3) is 0.833. The number of hydrogen-bond donors (Lipinski definition) is 2. The Labute approximate surface area is 103 Å². The number of amides is 1. The Hall–Kier alpha value is -1.10. The number of likely N-dealkylation sites (N-methyl/N-ethyl adjacent to an activating group) is 1. The molecule has 0 aliphatic rings. The minimum absolute atomic E-state index is 0.0104. The lowest BCUT2D eigenvalue weighted by molar-refractivity contribution is -0.147. The van der Waals surface area contributed by atoms with Crippen molar-refractivity contribution in [1.29, 1.82) is 0 Å². The zero-order valence-electron chi connectivity index (χ0n) is 11.4. The van der Waals surface area contributed by atoms with Gasteiger partial charge in [-0.3, -0.25) is 9.59 Å². The fourth-order valence-corrected chi connectivity index (χ4v) is 1.38. The van der Waals surface area contributed by atoms with E-state index >= 15 is 0 Å². The number of carboxylic acids is 1. The highest BCUT2D eigenvalue weighted by atomic mass is 16.4. The van der Waals surface area contributed by atoms with Crippen molar-refractivity contribution in [2.75, 3.05) is 19.6 Å². The number of rotatable bonds is 7. The van der Waals surface area contributed by atoms with Crippen LogP contribution in [0.5, 0.6) is 0 Å². The van der Waals surface area contributed by atoms with Crippen molar-refractivity contribution in [1.82, 2.24) is 10.2 Å². The Morgan fingerprint density at radius 2 is 1.76 bits per heavy atom. The summed E-state index contributed by atoms with van der Waals surface area (Å²) in [5, 5.41) is 11.9. The van der Waals surface area contributed by atoms with Gasteiger partial charge in [0.2, 0.25) is 5.91 Å². The summed E-state index contributed by atoms with van der Waals surface area (Å²) in [5.74, 6) is -0.858. The molecule has 5 heteroatoms. The highest BCUT2D eigenvalue weighted by Gasteiger charge is 2.28. The first-order valence-electron chi connectivity index (χ1n) is 6.01. The second kappa shape index (κ2) is 6.59. The quantitative estimate of drug-likeness (QED) is 0.699. The monoisotopic (exact) mass is 244 g/mol. The van der Waals surface area contributed by atoms with E-state index in [1.165, 1.54) is 0 Å². The van der Waals surface area contributed by atoms with Crippen LogP contribution in [0.2, 0.25) is 0 Å². The first-order chi connectivity index (χ1) is 7.76. The lowest BCUT2D eigenvalue weighted by Crippen LogP contribution is -2.48. The molecule has 1 unspecified atom stereocenters. The van der Waals surface area contributed by atoms with Crippen LogP contribution in [0.1, 0.15) is 34.6 Å². The number of hydrogen-bond acceptors (Lipinski definition) is 3. The van der Waals surface area contributed by atoms with Crippen LogP contribution < -0.4 is 5.32 Å². The molecule has 0 aromatic heterocycles. The summed E-state index contributed by atoms with van der Waals surface area (Å²) < 4.78 is 0. The van der Waals surface area contributed by atoms with Gasteiger partial charge in [-0.25, -0.2) is 0 Å². The number of nitrogens with one attached hydrogen (secondary N) is 1. The second-order valence-corrected chi connectivity index (χ2v) is 4.80. The number of aliphatic carboxylic acids is 1. The van der Waals surface area contributed by atoms with E-state index in [1.54, 1.807) is 25.7 Å². The molecular weight excluding hydrogens is 220 g/mol. The van der Waals surface area contributed by atoms with Crippen molar-refractivity contribution in [3.8, 4) is 0 Å². The summed E-state index contributed by atoms with van der Waals surface area (Å²) in [6.45, 7) is 10.5. The van der Waals surface area contributed by atoms with E-state index in [4.69, 9.17) is 5.11 Å². The zero-order chi connectivity index (χ0) is 13.6. The van der Waals surface area contributed by atoms with E-state index in [1.807, 2.05) is 13.8 Å². The number of carboxylic acid groups (broad SMARTS) is 1. The summed E-state index contributed by atoms with van der Waals surface area (Å²) >= 11 is 0. The third-order valence-electron chi connectivity index (χ3n) is 2.87. The van der Waals surface area contributed by atoms with E-state index in [9.17, 15) is 9.59 Å². The van der Waals surface area contributed by atoms with Crippen molar-refractivity contribution in [3.05, 3.63) is 0 Å². The normalized spacial score (nSPS) is 13.2. The van der Waals surface area contributed by atoms with Gasteiger partial charge in [-0.05, 0) is 34.6 Å². The summed E-state index contributed by atoms with van der Waals surface area (Å²) in [7, 11) is 0. The van der Waals surface area contributed by atoms with Crippen LogP contribution in [0.3, 0.4) is 0 Å². The SMILES string of the molecule is CCN(CC)C(=O)C(C)NCC(C)(C)C(=O)O. The van der Waals surface area contributed by atoms with Crippen LogP contribution in [-0.2, 0) is 9.59 Å². The molecule has 0 aliphatic carbocycles. The molecule has 0 aliphatic heterocycles. The number of carbonyl (C=O) groups excluding carboxylic acids is 1. The molecule has 100 valence electrons. The molecule has 0 saturated carbocycles. The zero-order valence-corrected chi connectivity index (χ0v) is 11.4. The van der Waals surface area contributed by atoms with Gasteiger partial charge >= 0.3 is 5.97 Å². The average Bonchev–Trinajstić information content (AvgIpc) is 2.27. The van der Waals surface area contributed by atoms with E-state index < -0.39 is 11.4 Å². The Morgan fingerprint density at radius 3 is 2.12 bits per heavy atom. The Morgan fingerprint density at radius 1 is 1.29 bits per heavy atom. The predicted molar refractivity (Wildman–Crippen MR) is 66.8 cm³/mol. The summed E-state index contributed by atoms with van der Waals surface area (Å²) in [4.78, 5) is 24.5. The summed E-state index contributed by atoms with van der Waals surface area (Å²) in [5.41, 5.74) is -0.863. The van der Waals surface area contributed by atoms with Gasteiger partial charge in [-0.2, -0.15) is 0 Å². The van der Waals surface area contributed by atoms with Gasteiger partial charge in [-0.15, -0.1) is 0 Å². The number of carbonyl (C=O) groups is 2. The van der Waals surface area contributed by atoms with Gasteiger partial charge in [-0.1, -0.05) is 0 Å². The Kier molecular flexibility index (Phi) is 6.16. The minimum Gasteiger partial charge on any atom is -0.481 e. The van der Waals surface area contributed by atoms with Crippen LogP contribution in [0.25, 0.3) is 0 Å². The van der Waals surface area contributed by atoms with Crippen LogP contribution in [-0.4, -0.2) is 47.6 Å². The molecule has 0 aromatic rings. The van der Waals surface area contributed by atoms with Gasteiger partial charge in [0, 0.05) is 19.6 Å². The van der Waals surface area contributed by atoms with Crippen LogP contribution in [0.4, 0.5) is 0 Å². The standard InChI is InChI=1S/C12H24N2O3/c1-6-14(7-2)10(15)9(3)13-8-12(4,5)11(16)17/h9,13H,6-8H2,1-5H3,(H,16,17). The molecule has 1 atom stereocenters. The smallest absolute Gasteiger partial charge is 0.310 e. The van der Waals surface area contributed by atoms with Crippen LogP contribution in [0.15, 0.2) is 0 Å². The maximum atomic E-state index is 11.9. The molecule has 0 aromatic carbocycles. The highest BCUT2D eigenvalue weighted by molar-refractivity contribution is 5.81. The molecule has 0 heterocycles. The lowest BCUT2D eigenvalue weighted by Gasteiger charge is -2.26. The van der Waals surface area contributed by atoms with E-state index in [2.05, 4.69) is 5.32 Å². The molecule has 17 heavy (non-hydrogen) atoms. The van der Waals surface area contributed by atoms with Gasteiger partial charge in [0.1, 0.15) is 0 Å². The Balaban J connectivity index is 4.32. The van der Waals surface area contributed by atoms with Crippen molar-refractivity contribution in [2.24, 2.45) is 5.41 Å². The first kappa shape index (κ1) is 15.9. The molecule has 0 saturated heterocycles. The largest absolute Gasteiger partial charge is 0.481 e. The molecule has 0 spiro atoms. The predicted octanol–water partition coefficient (Wildman–Crippen LogP) is 0.944. The van der Waals surface area contributed by atoms with Gasteiger partial charge < -0.3 is 15.3 Å². The molecule has 0 bridgehead atoms. The van der Waals surface area contributed by atoms with E-state index in [0.717, 1.165) is 0 Å².